The summed E-state index contributed by atoms with van der Waals surface area (Å²) in [6, 6.07) is 4.41. The number of hydrogen-bond acceptors (Lipinski definition) is 2. The monoisotopic (exact) mass is 181 g/mol. The number of aromatic hydroxyl groups is 1. The van der Waals surface area contributed by atoms with E-state index in [2.05, 4.69) is 5.32 Å². The van der Waals surface area contributed by atoms with Crippen LogP contribution in [0.15, 0.2) is 18.2 Å². The molecule has 70 valence electrons. The molecule has 3 heteroatoms. The van der Waals surface area contributed by atoms with Gasteiger partial charge in [0.15, 0.2) is 0 Å². The number of hydrogen-bond donors (Lipinski definition) is 2. The van der Waals surface area contributed by atoms with Crippen LogP contribution in [0.25, 0.3) is 0 Å². The molecule has 13 heavy (non-hydrogen) atoms. The Morgan fingerprint density at radius 2 is 2.31 bits per heavy atom. The highest BCUT2D eigenvalue weighted by Gasteiger charge is 2.22. The summed E-state index contributed by atoms with van der Waals surface area (Å²) in [5, 5.41) is 12.6. The van der Waals surface area contributed by atoms with E-state index in [0.717, 1.165) is 19.4 Å². The second-order valence-electron chi connectivity index (χ2n) is 3.32. The minimum absolute atomic E-state index is 0.0128. The molecular weight excluding hydrogens is 169 g/mol. The van der Waals surface area contributed by atoms with E-state index in [1.165, 1.54) is 18.2 Å². The lowest BCUT2D eigenvalue weighted by atomic mass is 10.0. The van der Waals surface area contributed by atoms with E-state index in [1.807, 2.05) is 0 Å². The van der Waals surface area contributed by atoms with Gasteiger partial charge in [-0.3, -0.25) is 0 Å². The summed E-state index contributed by atoms with van der Waals surface area (Å²) in [6.45, 7) is 0.901. The van der Waals surface area contributed by atoms with Gasteiger partial charge in [0.05, 0.1) is 0 Å². The van der Waals surface area contributed by atoms with Crippen LogP contribution < -0.4 is 5.32 Å². The van der Waals surface area contributed by atoms with Crippen molar-refractivity contribution in [2.75, 3.05) is 6.54 Å². The van der Waals surface area contributed by atoms with Crippen LogP contribution in [-0.4, -0.2) is 11.7 Å². The van der Waals surface area contributed by atoms with Crippen molar-refractivity contribution in [3.8, 4) is 5.75 Å². The first-order valence-electron chi connectivity index (χ1n) is 4.50. The quantitative estimate of drug-likeness (QED) is 0.694. The molecule has 0 unspecified atom stereocenters. The lowest BCUT2D eigenvalue weighted by Gasteiger charge is -2.12. The Hall–Kier alpha value is -1.09. The maximum atomic E-state index is 13.3. The zero-order chi connectivity index (χ0) is 9.26. The molecular formula is C10H12FNO. The Labute approximate surface area is 76.4 Å². The fourth-order valence-electron chi connectivity index (χ4n) is 1.80. The molecule has 1 atom stereocenters. The van der Waals surface area contributed by atoms with Gasteiger partial charge in [-0.15, -0.1) is 0 Å². The van der Waals surface area contributed by atoms with E-state index in [1.54, 1.807) is 0 Å². The largest absolute Gasteiger partial charge is 0.508 e. The maximum absolute atomic E-state index is 13.3. The fraction of sp³-hybridized carbons (Fsp3) is 0.400. The molecule has 1 fully saturated rings. The Morgan fingerprint density at radius 3 is 2.92 bits per heavy atom. The Bertz CT molecular complexity index is 288. The fourth-order valence-corrected chi connectivity index (χ4v) is 1.80. The third-order valence-corrected chi connectivity index (χ3v) is 2.44. The van der Waals surface area contributed by atoms with Crippen molar-refractivity contribution in [2.45, 2.75) is 18.9 Å². The predicted octanol–water partition coefficient (Wildman–Crippen LogP) is 1.96. The van der Waals surface area contributed by atoms with Crippen LogP contribution in [0.4, 0.5) is 4.39 Å². The van der Waals surface area contributed by atoms with Crippen molar-refractivity contribution >= 4 is 0 Å². The zero-order valence-electron chi connectivity index (χ0n) is 7.26. The predicted molar refractivity (Wildman–Crippen MR) is 48.0 cm³/mol. The molecule has 1 aromatic rings. The highest BCUT2D eigenvalue weighted by molar-refractivity contribution is 5.36. The van der Waals surface area contributed by atoms with E-state index < -0.39 is 0 Å². The van der Waals surface area contributed by atoms with Gasteiger partial charge in [-0.05, 0) is 31.5 Å². The highest BCUT2D eigenvalue weighted by Crippen LogP contribution is 2.31. The average Bonchev–Trinajstić information content (AvgIpc) is 2.57. The molecule has 0 radical (unpaired) electrons. The lowest BCUT2D eigenvalue weighted by Crippen LogP contribution is -2.14. The summed E-state index contributed by atoms with van der Waals surface area (Å²) >= 11 is 0. The smallest absolute Gasteiger partial charge is 0.131 e. The minimum atomic E-state index is -0.320. The molecule has 2 nitrogen and oxygen atoms in total. The first-order valence-corrected chi connectivity index (χ1v) is 4.50. The molecule has 0 amide bonds. The molecule has 0 saturated carbocycles. The summed E-state index contributed by atoms with van der Waals surface area (Å²) in [7, 11) is 0. The van der Waals surface area contributed by atoms with Crippen LogP contribution >= 0.6 is 0 Å². The molecule has 1 aromatic carbocycles. The topological polar surface area (TPSA) is 32.3 Å². The minimum Gasteiger partial charge on any atom is -0.508 e. The van der Waals surface area contributed by atoms with Crippen LogP contribution in [0.2, 0.25) is 0 Å². The normalized spacial score (nSPS) is 22.1. The van der Waals surface area contributed by atoms with Gasteiger partial charge in [-0.2, -0.15) is 0 Å². The molecule has 0 aromatic heterocycles. The van der Waals surface area contributed by atoms with Gasteiger partial charge in [-0.25, -0.2) is 4.39 Å². The lowest BCUT2D eigenvalue weighted by molar-refractivity contribution is 0.443. The Balaban J connectivity index is 2.37. The molecule has 1 aliphatic rings. The summed E-state index contributed by atoms with van der Waals surface area (Å²) in [5.41, 5.74) is 0.417. The van der Waals surface area contributed by atoms with E-state index in [9.17, 15) is 9.50 Å². The maximum Gasteiger partial charge on any atom is 0.131 e. The summed E-state index contributed by atoms with van der Waals surface area (Å²) in [4.78, 5) is 0. The van der Waals surface area contributed by atoms with Crippen LogP contribution in [0.1, 0.15) is 24.4 Å². The summed E-state index contributed by atoms with van der Waals surface area (Å²) in [5.74, 6) is -0.265. The first kappa shape index (κ1) is 8.51. The van der Waals surface area contributed by atoms with Crippen molar-refractivity contribution in [3.05, 3.63) is 29.6 Å². The second-order valence-corrected chi connectivity index (χ2v) is 3.32. The van der Waals surface area contributed by atoms with Crippen molar-refractivity contribution in [2.24, 2.45) is 0 Å². The van der Waals surface area contributed by atoms with E-state index in [4.69, 9.17) is 0 Å². The van der Waals surface area contributed by atoms with Crippen molar-refractivity contribution in [1.82, 2.24) is 5.32 Å². The van der Waals surface area contributed by atoms with Gasteiger partial charge in [0.1, 0.15) is 11.6 Å². The molecule has 2 rings (SSSR count). The van der Waals surface area contributed by atoms with Gasteiger partial charge < -0.3 is 10.4 Å². The van der Waals surface area contributed by atoms with Crippen molar-refractivity contribution in [3.63, 3.8) is 0 Å². The number of phenolic OH excluding ortho intramolecular Hbond substituents is 1. The molecule has 0 spiro atoms. The van der Waals surface area contributed by atoms with E-state index in [0.29, 0.717) is 5.56 Å². The molecule has 1 heterocycles. The number of rotatable bonds is 1. The van der Waals surface area contributed by atoms with E-state index >= 15 is 0 Å². The third kappa shape index (κ3) is 1.52. The summed E-state index contributed by atoms with van der Waals surface area (Å²) < 4.78 is 13.3. The van der Waals surface area contributed by atoms with Crippen LogP contribution in [0.3, 0.4) is 0 Å². The molecule has 1 aliphatic heterocycles. The number of nitrogens with one attached hydrogen (secondary N) is 1. The number of halogens is 1. The Kier molecular flexibility index (Phi) is 2.19. The number of benzene rings is 1. The van der Waals surface area contributed by atoms with Crippen LogP contribution in [0, 0.1) is 5.82 Å². The average molecular weight is 181 g/mol. The Morgan fingerprint density at radius 1 is 1.46 bits per heavy atom. The second kappa shape index (κ2) is 3.34. The van der Waals surface area contributed by atoms with Crippen molar-refractivity contribution < 1.29 is 9.50 Å². The molecule has 0 aliphatic carbocycles. The van der Waals surface area contributed by atoms with Gasteiger partial charge >= 0.3 is 0 Å². The van der Waals surface area contributed by atoms with Crippen LogP contribution in [-0.2, 0) is 0 Å². The number of phenols is 1. The van der Waals surface area contributed by atoms with Gasteiger partial charge in [0.2, 0.25) is 0 Å². The highest BCUT2D eigenvalue weighted by atomic mass is 19.1. The van der Waals surface area contributed by atoms with Crippen molar-refractivity contribution in [1.29, 1.82) is 0 Å². The molecule has 1 saturated heterocycles. The van der Waals surface area contributed by atoms with Gasteiger partial charge in [0, 0.05) is 11.6 Å². The third-order valence-electron chi connectivity index (χ3n) is 2.44. The SMILES string of the molecule is Oc1cccc(F)c1[C@@H]1CCCN1. The summed E-state index contributed by atoms with van der Waals surface area (Å²) in [6.07, 6.45) is 1.94. The molecule has 2 N–H and O–H groups in total. The van der Waals surface area contributed by atoms with Gasteiger partial charge in [-0.1, -0.05) is 6.07 Å². The molecule has 0 bridgehead atoms. The van der Waals surface area contributed by atoms with Crippen LogP contribution in [0.5, 0.6) is 5.75 Å². The van der Waals surface area contributed by atoms with Gasteiger partial charge in [0.25, 0.3) is 0 Å². The first-order chi connectivity index (χ1) is 6.29. The standard InChI is InChI=1S/C10H12FNO/c11-7-3-1-5-9(13)10(7)8-4-2-6-12-8/h1,3,5,8,12-13H,2,4,6H2/t8-/m0/s1. The zero-order valence-corrected chi connectivity index (χ0v) is 7.26. The van der Waals surface area contributed by atoms with E-state index in [-0.39, 0.29) is 17.6 Å².